The second-order valence-corrected chi connectivity index (χ2v) is 4.64. The fourth-order valence-electron chi connectivity index (χ4n) is 1.90. The molecule has 0 aliphatic heterocycles. The monoisotopic (exact) mass is 277 g/mol. The minimum absolute atomic E-state index is 0.104. The second-order valence-electron chi connectivity index (χ2n) is 4.64. The Balaban J connectivity index is 2.34. The molecule has 2 aromatic rings. The summed E-state index contributed by atoms with van der Waals surface area (Å²) in [7, 11) is 1.54. The zero-order chi connectivity index (χ0) is 15.2. The largest absolute Gasteiger partial charge is 0.497 e. The standard InChI is InChI=1S/C18H15NO2/c1-13-6-8-14(9-7-13)10-16(12-19)18(20)15-4-3-5-17(11-15)21-2/h3-11H,1-2H3. The Morgan fingerprint density at radius 2 is 1.90 bits per heavy atom. The fraction of sp³-hybridized carbons (Fsp3) is 0.111. The number of carbonyl (C=O) groups excluding carboxylic acids is 1. The van der Waals surface area contributed by atoms with Gasteiger partial charge in [0.2, 0.25) is 5.78 Å². The molecule has 0 heterocycles. The quantitative estimate of drug-likeness (QED) is 0.485. The van der Waals surface area contributed by atoms with Gasteiger partial charge in [-0.2, -0.15) is 5.26 Å². The minimum Gasteiger partial charge on any atom is -0.497 e. The number of benzene rings is 2. The van der Waals surface area contributed by atoms with Gasteiger partial charge in [-0.3, -0.25) is 4.79 Å². The molecule has 104 valence electrons. The third-order valence-electron chi connectivity index (χ3n) is 3.09. The SMILES string of the molecule is COc1cccc(C(=O)C(C#N)=Cc2ccc(C)cc2)c1. The van der Waals surface area contributed by atoms with Crippen LogP contribution in [0.25, 0.3) is 6.08 Å². The number of nitriles is 1. The maximum absolute atomic E-state index is 12.4. The molecular weight excluding hydrogens is 262 g/mol. The van der Waals surface area contributed by atoms with Crippen molar-refractivity contribution in [3.63, 3.8) is 0 Å². The zero-order valence-corrected chi connectivity index (χ0v) is 12.0. The van der Waals surface area contributed by atoms with Crippen LogP contribution in [-0.4, -0.2) is 12.9 Å². The van der Waals surface area contributed by atoms with Crippen LogP contribution >= 0.6 is 0 Å². The Morgan fingerprint density at radius 3 is 2.52 bits per heavy atom. The molecular formula is C18H15NO2. The highest BCUT2D eigenvalue weighted by Crippen LogP contribution is 2.17. The zero-order valence-electron chi connectivity index (χ0n) is 12.0. The van der Waals surface area contributed by atoms with Crippen LogP contribution < -0.4 is 4.74 Å². The van der Waals surface area contributed by atoms with Crippen molar-refractivity contribution in [3.8, 4) is 11.8 Å². The summed E-state index contributed by atoms with van der Waals surface area (Å²) < 4.78 is 5.10. The van der Waals surface area contributed by atoms with Crippen molar-refractivity contribution in [2.75, 3.05) is 7.11 Å². The van der Waals surface area contributed by atoms with Gasteiger partial charge < -0.3 is 4.74 Å². The molecule has 2 aromatic carbocycles. The summed E-state index contributed by atoms with van der Waals surface area (Å²) in [4.78, 5) is 12.4. The topological polar surface area (TPSA) is 50.1 Å². The molecule has 2 rings (SSSR count). The van der Waals surface area contributed by atoms with E-state index in [-0.39, 0.29) is 11.4 Å². The van der Waals surface area contributed by atoms with Crippen LogP contribution in [0, 0.1) is 18.3 Å². The molecule has 0 saturated heterocycles. The predicted molar refractivity (Wildman–Crippen MR) is 82.1 cm³/mol. The van der Waals surface area contributed by atoms with Crippen LogP contribution in [-0.2, 0) is 0 Å². The Bertz CT molecular complexity index is 722. The van der Waals surface area contributed by atoms with Gasteiger partial charge in [0.25, 0.3) is 0 Å². The van der Waals surface area contributed by atoms with Crippen molar-refractivity contribution in [1.82, 2.24) is 0 Å². The Labute approximate surface area is 124 Å². The number of Topliss-reactive ketones (excluding diaryl/α,β-unsaturated/α-hetero) is 1. The molecule has 0 spiro atoms. The Morgan fingerprint density at radius 1 is 1.19 bits per heavy atom. The molecule has 0 unspecified atom stereocenters. The lowest BCUT2D eigenvalue weighted by Gasteiger charge is -2.03. The number of carbonyl (C=O) groups is 1. The fourth-order valence-corrected chi connectivity index (χ4v) is 1.90. The van der Waals surface area contributed by atoms with Crippen LogP contribution in [0.5, 0.6) is 5.75 Å². The van der Waals surface area contributed by atoms with Crippen molar-refractivity contribution in [1.29, 1.82) is 5.26 Å². The van der Waals surface area contributed by atoms with Gasteiger partial charge in [-0.25, -0.2) is 0 Å². The first-order valence-electron chi connectivity index (χ1n) is 6.51. The van der Waals surface area contributed by atoms with E-state index < -0.39 is 0 Å². The lowest BCUT2D eigenvalue weighted by Crippen LogP contribution is -2.02. The smallest absolute Gasteiger partial charge is 0.203 e. The average molecular weight is 277 g/mol. The van der Waals surface area contributed by atoms with E-state index in [1.165, 1.54) is 7.11 Å². The summed E-state index contributed by atoms with van der Waals surface area (Å²) in [6.07, 6.45) is 1.60. The molecule has 0 amide bonds. The van der Waals surface area contributed by atoms with E-state index in [9.17, 15) is 10.1 Å². The first kappa shape index (κ1) is 14.5. The number of hydrogen-bond donors (Lipinski definition) is 0. The molecule has 3 heteroatoms. The van der Waals surface area contributed by atoms with Gasteiger partial charge in [-0.15, -0.1) is 0 Å². The summed E-state index contributed by atoms with van der Waals surface area (Å²) in [5, 5.41) is 9.23. The van der Waals surface area contributed by atoms with E-state index in [0.717, 1.165) is 11.1 Å². The van der Waals surface area contributed by atoms with Crippen molar-refractivity contribution in [2.45, 2.75) is 6.92 Å². The Kier molecular flexibility index (Phi) is 4.53. The average Bonchev–Trinajstić information content (AvgIpc) is 2.53. The molecule has 0 atom stereocenters. The van der Waals surface area contributed by atoms with Crippen LogP contribution in [0.1, 0.15) is 21.5 Å². The van der Waals surface area contributed by atoms with Crippen LogP contribution in [0.2, 0.25) is 0 Å². The van der Waals surface area contributed by atoms with Crippen molar-refractivity contribution in [2.24, 2.45) is 0 Å². The van der Waals surface area contributed by atoms with Gasteiger partial charge in [0.05, 0.1) is 7.11 Å². The summed E-state index contributed by atoms with van der Waals surface area (Å²) in [5.74, 6) is 0.283. The first-order valence-corrected chi connectivity index (χ1v) is 6.51. The van der Waals surface area contributed by atoms with E-state index >= 15 is 0 Å². The van der Waals surface area contributed by atoms with Crippen LogP contribution in [0.4, 0.5) is 0 Å². The van der Waals surface area contributed by atoms with E-state index in [1.807, 2.05) is 37.3 Å². The molecule has 0 N–H and O–H groups in total. The highest BCUT2D eigenvalue weighted by Gasteiger charge is 2.12. The molecule has 0 fully saturated rings. The highest BCUT2D eigenvalue weighted by molar-refractivity contribution is 6.14. The minimum atomic E-state index is -0.308. The number of hydrogen-bond acceptors (Lipinski definition) is 3. The molecule has 0 aliphatic rings. The van der Waals surface area contributed by atoms with E-state index in [1.54, 1.807) is 30.3 Å². The van der Waals surface area contributed by atoms with Gasteiger partial charge in [0.1, 0.15) is 17.4 Å². The molecule has 0 saturated carbocycles. The molecule has 0 aliphatic carbocycles. The molecule has 0 aromatic heterocycles. The number of ketones is 1. The van der Waals surface area contributed by atoms with Crippen molar-refractivity contribution >= 4 is 11.9 Å². The van der Waals surface area contributed by atoms with E-state index in [0.29, 0.717) is 11.3 Å². The number of aryl methyl sites for hydroxylation is 1. The van der Waals surface area contributed by atoms with Crippen LogP contribution in [0.3, 0.4) is 0 Å². The molecule has 0 bridgehead atoms. The third kappa shape index (κ3) is 3.58. The predicted octanol–water partition coefficient (Wildman–Crippen LogP) is 3.79. The van der Waals surface area contributed by atoms with Crippen LogP contribution in [0.15, 0.2) is 54.1 Å². The van der Waals surface area contributed by atoms with Gasteiger partial charge in [-0.05, 0) is 30.7 Å². The summed E-state index contributed by atoms with van der Waals surface area (Å²) in [6.45, 7) is 1.99. The molecule has 21 heavy (non-hydrogen) atoms. The summed E-state index contributed by atoms with van der Waals surface area (Å²) >= 11 is 0. The highest BCUT2D eigenvalue weighted by atomic mass is 16.5. The number of allylic oxidation sites excluding steroid dienone is 1. The number of ether oxygens (including phenoxy) is 1. The maximum atomic E-state index is 12.4. The first-order chi connectivity index (χ1) is 10.1. The van der Waals surface area contributed by atoms with Gasteiger partial charge in [0.15, 0.2) is 0 Å². The third-order valence-corrected chi connectivity index (χ3v) is 3.09. The van der Waals surface area contributed by atoms with Gasteiger partial charge >= 0.3 is 0 Å². The molecule has 0 radical (unpaired) electrons. The van der Waals surface area contributed by atoms with Gasteiger partial charge in [0, 0.05) is 5.56 Å². The van der Waals surface area contributed by atoms with Crippen molar-refractivity contribution in [3.05, 3.63) is 70.8 Å². The number of methoxy groups -OCH3 is 1. The number of nitrogens with zero attached hydrogens (tertiary/aromatic N) is 1. The summed E-state index contributed by atoms with van der Waals surface area (Å²) in [6, 6.07) is 16.4. The number of rotatable bonds is 4. The van der Waals surface area contributed by atoms with Crippen molar-refractivity contribution < 1.29 is 9.53 Å². The normalized spacial score (nSPS) is 10.8. The van der Waals surface area contributed by atoms with Gasteiger partial charge in [-0.1, -0.05) is 42.0 Å². The van der Waals surface area contributed by atoms with E-state index in [4.69, 9.17) is 4.74 Å². The molecule has 3 nitrogen and oxygen atoms in total. The van der Waals surface area contributed by atoms with E-state index in [2.05, 4.69) is 0 Å². The lowest BCUT2D eigenvalue weighted by atomic mass is 10.0. The second kappa shape index (κ2) is 6.53. The Hall–Kier alpha value is -2.86. The maximum Gasteiger partial charge on any atom is 0.203 e. The lowest BCUT2D eigenvalue weighted by molar-refractivity contribution is 0.103. The summed E-state index contributed by atoms with van der Waals surface area (Å²) in [5.41, 5.74) is 2.50.